The molecule has 1 amide bonds. The molecular formula is C25H24N4O4S. The summed E-state index contributed by atoms with van der Waals surface area (Å²) in [5, 5.41) is 9.27. The monoisotopic (exact) mass is 476 g/mol. The molecule has 0 saturated heterocycles. The van der Waals surface area contributed by atoms with Gasteiger partial charge in [0.2, 0.25) is 5.91 Å². The zero-order valence-corrected chi connectivity index (χ0v) is 19.6. The summed E-state index contributed by atoms with van der Waals surface area (Å²) in [5.41, 5.74) is 7.17. The van der Waals surface area contributed by atoms with Crippen molar-refractivity contribution in [3.63, 3.8) is 0 Å². The van der Waals surface area contributed by atoms with E-state index in [0.717, 1.165) is 17.0 Å². The number of ether oxygens (including phenoxy) is 3. The van der Waals surface area contributed by atoms with Gasteiger partial charge in [0, 0.05) is 12.1 Å². The van der Waals surface area contributed by atoms with Gasteiger partial charge in [-0.25, -0.2) is 0 Å². The van der Waals surface area contributed by atoms with Crippen molar-refractivity contribution in [2.45, 2.75) is 11.6 Å². The molecule has 4 rings (SSSR count). The third-order valence-electron chi connectivity index (χ3n) is 4.93. The minimum absolute atomic E-state index is 0.101. The van der Waals surface area contributed by atoms with Crippen LogP contribution in [0.2, 0.25) is 0 Å². The van der Waals surface area contributed by atoms with Crippen LogP contribution >= 0.6 is 11.8 Å². The number of amides is 1. The Morgan fingerprint density at radius 2 is 1.62 bits per heavy atom. The molecule has 0 fully saturated rings. The molecule has 0 aliphatic rings. The Bertz CT molecular complexity index is 1260. The number of thioether (sulfide) groups is 1. The van der Waals surface area contributed by atoms with Gasteiger partial charge in [-0.05, 0) is 54.1 Å². The Morgan fingerprint density at radius 3 is 2.29 bits per heavy atom. The molecule has 9 heteroatoms. The first-order chi connectivity index (χ1) is 16.6. The van der Waals surface area contributed by atoms with Crippen molar-refractivity contribution in [3.8, 4) is 28.7 Å². The second-order valence-electron chi connectivity index (χ2n) is 7.26. The van der Waals surface area contributed by atoms with Crippen LogP contribution in [-0.2, 0) is 11.2 Å². The number of aromatic nitrogens is 3. The lowest BCUT2D eigenvalue weighted by Gasteiger charge is -2.13. The highest BCUT2D eigenvalue weighted by molar-refractivity contribution is 7.99. The average molecular weight is 477 g/mol. The number of methoxy groups -OCH3 is 2. The molecule has 2 N–H and O–H groups in total. The highest BCUT2D eigenvalue weighted by atomic mass is 32.2. The van der Waals surface area contributed by atoms with Crippen molar-refractivity contribution < 1.29 is 19.0 Å². The molecule has 1 aromatic heterocycles. The summed E-state index contributed by atoms with van der Waals surface area (Å²) in [4.78, 5) is 11.4. The summed E-state index contributed by atoms with van der Waals surface area (Å²) >= 11 is 1.24. The highest BCUT2D eigenvalue weighted by Crippen LogP contribution is 2.30. The van der Waals surface area contributed by atoms with Gasteiger partial charge >= 0.3 is 0 Å². The van der Waals surface area contributed by atoms with Gasteiger partial charge in [-0.15, -0.1) is 10.2 Å². The van der Waals surface area contributed by atoms with E-state index < -0.39 is 5.91 Å². The highest BCUT2D eigenvalue weighted by Gasteiger charge is 2.17. The minimum atomic E-state index is -0.424. The molecule has 0 spiro atoms. The van der Waals surface area contributed by atoms with Crippen LogP contribution in [0.3, 0.4) is 0 Å². The Balaban J connectivity index is 1.64. The Kier molecular flexibility index (Phi) is 7.34. The fraction of sp³-hybridized carbons (Fsp3) is 0.160. The second-order valence-corrected chi connectivity index (χ2v) is 8.21. The predicted octanol–water partition coefficient (Wildman–Crippen LogP) is 4.25. The average Bonchev–Trinajstić information content (AvgIpc) is 3.26. The van der Waals surface area contributed by atoms with Gasteiger partial charge in [0.25, 0.3) is 0 Å². The lowest BCUT2D eigenvalue weighted by Crippen LogP contribution is -2.14. The van der Waals surface area contributed by atoms with Crippen LogP contribution in [0.5, 0.6) is 23.0 Å². The molecule has 174 valence electrons. The largest absolute Gasteiger partial charge is 0.493 e. The third-order valence-corrected chi connectivity index (χ3v) is 5.88. The molecular weight excluding hydrogens is 452 g/mol. The van der Waals surface area contributed by atoms with Gasteiger partial charge in [0.15, 0.2) is 16.7 Å². The topological polar surface area (TPSA) is 101 Å². The van der Waals surface area contributed by atoms with Crippen LogP contribution in [0.15, 0.2) is 78.0 Å². The number of para-hydroxylation sites is 1. The van der Waals surface area contributed by atoms with E-state index in [-0.39, 0.29) is 5.75 Å². The maximum absolute atomic E-state index is 11.4. The molecule has 8 nitrogen and oxygen atoms in total. The zero-order valence-electron chi connectivity index (χ0n) is 18.8. The molecule has 0 aliphatic heterocycles. The Morgan fingerprint density at radius 1 is 0.912 bits per heavy atom. The van der Waals surface area contributed by atoms with Gasteiger partial charge in [-0.1, -0.05) is 36.0 Å². The molecule has 0 saturated carbocycles. The van der Waals surface area contributed by atoms with E-state index in [4.69, 9.17) is 19.9 Å². The van der Waals surface area contributed by atoms with Crippen LogP contribution in [0.25, 0.3) is 5.69 Å². The summed E-state index contributed by atoms with van der Waals surface area (Å²) < 4.78 is 18.6. The van der Waals surface area contributed by atoms with E-state index in [1.807, 2.05) is 77.4 Å². The molecule has 0 aliphatic carbocycles. The molecule has 0 unspecified atom stereocenters. The molecule has 3 aromatic carbocycles. The van der Waals surface area contributed by atoms with Crippen molar-refractivity contribution in [1.82, 2.24) is 14.8 Å². The summed E-state index contributed by atoms with van der Waals surface area (Å²) in [6, 6.07) is 22.9. The lowest BCUT2D eigenvalue weighted by atomic mass is 10.1. The smallest absolute Gasteiger partial charge is 0.227 e. The van der Waals surface area contributed by atoms with Crippen LogP contribution < -0.4 is 19.9 Å². The molecule has 0 bridgehead atoms. The molecule has 4 aromatic rings. The first-order valence-corrected chi connectivity index (χ1v) is 11.5. The number of hydrogen-bond acceptors (Lipinski definition) is 7. The van der Waals surface area contributed by atoms with Crippen LogP contribution in [0.1, 0.15) is 11.4 Å². The number of primary amides is 1. The first kappa shape index (κ1) is 23.2. The summed E-state index contributed by atoms with van der Waals surface area (Å²) in [6.07, 6.45) is 0.493. The number of carbonyl (C=O) groups is 1. The summed E-state index contributed by atoms with van der Waals surface area (Å²) in [5.74, 6) is 3.13. The standard InChI is InChI=1S/C25H24N4O4S/c1-31-21-13-8-17(14-22(21)32-2)15-24-27-28-25(34-16-23(26)30)29(24)18-9-11-20(12-10-18)33-19-6-4-3-5-7-19/h3-14H,15-16H2,1-2H3,(H2,26,30). The van der Waals surface area contributed by atoms with Gasteiger partial charge in [-0.2, -0.15) is 0 Å². The van der Waals surface area contributed by atoms with E-state index in [1.54, 1.807) is 14.2 Å². The van der Waals surface area contributed by atoms with E-state index >= 15 is 0 Å². The van der Waals surface area contributed by atoms with Crippen molar-refractivity contribution in [2.24, 2.45) is 5.73 Å². The molecule has 0 radical (unpaired) electrons. The minimum Gasteiger partial charge on any atom is -0.493 e. The van der Waals surface area contributed by atoms with E-state index in [9.17, 15) is 4.79 Å². The maximum atomic E-state index is 11.4. The van der Waals surface area contributed by atoms with Crippen LogP contribution in [0.4, 0.5) is 0 Å². The maximum Gasteiger partial charge on any atom is 0.227 e. The number of nitrogens with zero attached hydrogens (tertiary/aromatic N) is 3. The Labute approximate surface area is 201 Å². The third kappa shape index (κ3) is 5.49. The van der Waals surface area contributed by atoms with Crippen molar-refractivity contribution >= 4 is 17.7 Å². The second kappa shape index (κ2) is 10.8. The quantitative estimate of drug-likeness (QED) is 0.342. The number of rotatable bonds is 10. The van der Waals surface area contributed by atoms with Crippen LogP contribution in [0, 0.1) is 0 Å². The summed E-state index contributed by atoms with van der Waals surface area (Å²) in [6.45, 7) is 0. The van der Waals surface area contributed by atoms with E-state index in [2.05, 4.69) is 10.2 Å². The zero-order chi connectivity index (χ0) is 23.9. The molecule has 0 atom stereocenters. The normalized spacial score (nSPS) is 10.6. The van der Waals surface area contributed by atoms with Gasteiger partial charge < -0.3 is 19.9 Å². The Hall–Kier alpha value is -3.98. The summed E-state index contributed by atoms with van der Waals surface area (Å²) in [7, 11) is 3.20. The number of hydrogen-bond donors (Lipinski definition) is 1. The van der Waals surface area contributed by atoms with E-state index in [1.165, 1.54) is 11.8 Å². The molecule has 1 heterocycles. The van der Waals surface area contributed by atoms with Crippen molar-refractivity contribution in [3.05, 3.63) is 84.2 Å². The SMILES string of the molecule is COc1ccc(Cc2nnc(SCC(N)=O)n2-c2ccc(Oc3ccccc3)cc2)cc1OC. The molecule has 34 heavy (non-hydrogen) atoms. The van der Waals surface area contributed by atoms with E-state index in [0.29, 0.717) is 34.7 Å². The van der Waals surface area contributed by atoms with Crippen molar-refractivity contribution in [1.29, 1.82) is 0 Å². The van der Waals surface area contributed by atoms with Gasteiger partial charge in [0.1, 0.15) is 17.3 Å². The lowest BCUT2D eigenvalue weighted by molar-refractivity contribution is -0.115. The van der Waals surface area contributed by atoms with Gasteiger partial charge in [0.05, 0.1) is 20.0 Å². The predicted molar refractivity (Wildman–Crippen MR) is 130 cm³/mol. The fourth-order valence-electron chi connectivity index (χ4n) is 3.36. The fourth-order valence-corrected chi connectivity index (χ4v) is 4.07. The number of benzene rings is 3. The van der Waals surface area contributed by atoms with Crippen LogP contribution in [-0.4, -0.2) is 40.6 Å². The first-order valence-electron chi connectivity index (χ1n) is 10.5. The van der Waals surface area contributed by atoms with Crippen molar-refractivity contribution in [2.75, 3.05) is 20.0 Å². The number of nitrogens with two attached hydrogens (primary N) is 1. The van der Waals surface area contributed by atoms with Gasteiger partial charge in [-0.3, -0.25) is 9.36 Å². The number of carbonyl (C=O) groups excluding carboxylic acids is 1.